The first-order valence-electron chi connectivity index (χ1n) is 6.83. The standard InChI is InChI=1S/C12H24N6OS/c1-5-13-10(19)6-9-20-11-15-16-17-18(11)8-7-14-12(2,3)4/h14H,5-9H2,1-4H3,(H,13,19). The van der Waals surface area contributed by atoms with Crippen LogP contribution < -0.4 is 10.6 Å². The van der Waals surface area contributed by atoms with E-state index in [1.807, 2.05) is 6.92 Å². The molecule has 114 valence electrons. The van der Waals surface area contributed by atoms with Gasteiger partial charge in [-0.05, 0) is 38.1 Å². The molecule has 1 aromatic heterocycles. The average molecular weight is 300 g/mol. The van der Waals surface area contributed by atoms with Crippen LogP contribution in [-0.4, -0.2) is 50.5 Å². The summed E-state index contributed by atoms with van der Waals surface area (Å²) in [6.07, 6.45) is 0.478. The van der Waals surface area contributed by atoms with Gasteiger partial charge in [0.25, 0.3) is 0 Å². The lowest BCUT2D eigenvalue weighted by Gasteiger charge is -2.20. The summed E-state index contributed by atoms with van der Waals surface area (Å²) in [6.45, 7) is 10.5. The molecule has 0 fully saturated rings. The summed E-state index contributed by atoms with van der Waals surface area (Å²) in [5.74, 6) is 0.743. The van der Waals surface area contributed by atoms with E-state index in [2.05, 4.69) is 46.9 Å². The second kappa shape index (κ2) is 8.21. The van der Waals surface area contributed by atoms with Gasteiger partial charge in [0.05, 0.1) is 6.54 Å². The zero-order chi connectivity index (χ0) is 15.0. The van der Waals surface area contributed by atoms with Crippen molar-refractivity contribution in [3.8, 4) is 0 Å². The second-order valence-corrected chi connectivity index (χ2v) is 6.48. The molecular formula is C12H24N6OS. The Bertz CT molecular complexity index is 414. The molecule has 0 spiro atoms. The maximum atomic E-state index is 11.3. The minimum absolute atomic E-state index is 0.0634. The summed E-state index contributed by atoms with van der Waals surface area (Å²) in [5.41, 5.74) is 0.0829. The Morgan fingerprint density at radius 2 is 2.15 bits per heavy atom. The number of hydrogen-bond donors (Lipinski definition) is 2. The van der Waals surface area contributed by atoms with E-state index in [9.17, 15) is 4.79 Å². The molecule has 0 aliphatic rings. The Labute approximate surface area is 124 Å². The number of carbonyl (C=O) groups is 1. The van der Waals surface area contributed by atoms with E-state index in [1.54, 1.807) is 4.68 Å². The lowest BCUT2D eigenvalue weighted by molar-refractivity contribution is -0.120. The van der Waals surface area contributed by atoms with Gasteiger partial charge in [-0.2, -0.15) is 0 Å². The number of hydrogen-bond acceptors (Lipinski definition) is 6. The minimum Gasteiger partial charge on any atom is -0.356 e. The Morgan fingerprint density at radius 3 is 2.80 bits per heavy atom. The molecule has 0 saturated heterocycles. The van der Waals surface area contributed by atoms with E-state index in [0.29, 0.717) is 25.3 Å². The third kappa shape index (κ3) is 6.85. The van der Waals surface area contributed by atoms with Crippen molar-refractivity contribution in [1.82, 2.24) is 30.8 Å². The smallest absolute Gasteiger partial charge is 0.220 e. The van der Waals surface area contributed by atoms with Crippen molar-refractivity contribution >= 4 is 17.7 Å². The van der Waals surface area contributed by atoms with Gasteiger partial charge >= 0.3 is 0 Å². The van der Waals surface area contributed by atoms with Crippen LogP contribution in [-0.2, 0) is 11.3 Å². The first-order valence-corrected chi connectivity index (χ1v) is 7.81. The summed E-state index contributed by atoms with van der Waals surface area (Å²) in [7, 11) is 0. The van der Waals surface area contributed by atoms with Gasteiger partial charge in [-0.3, -0.25) is 4.79 Å². The number of aromatic nitrogens is 4. The van der Waals surface area contributed by atoms with Crippen LogP contribution in [0.1, 0.15) is 34.1 Å². The van der Waals surface area contributed by atoms with E-state index in [-0.39, 0.29) is 11.4 Å². The van der Waals surface area contributed by atoms with Gasteiger partial charge in [-0.25, -0.2) is 4.68 Å². The third-order valence-electron chi connectivity index (χ3n) is 2.41. The molecular weight excluding hydrogens is 276 g/mol. The zero-order valence-electron chi connectivity index (χ0n) is 12.6. The highest BCUT2D eigenvalue weighted by molar-refractivity contribution is 7.99. The topological polar surface area (TPSA) is 84.7 Å². The van der Waals surface area contributed by atoms with Gasteiger partial charge in [0.2, 0.25) is 11.1 Å². The van der Waals surface area contributed by atoms with Crippen molar-refractivity contribution < 1.29 is 4.79 Å². The average Bonchev–Trinajstić information content (AvgIpc) is 2.76. The molecule has 1 rings (SSSR count). The van der Waals surface area contributed by atoms with Crippen LogP contribution in [0.15, 0.2) is 5.16 Å². The second-order valence-electron chi connectivity index (χ2n) is 5.41. The largest absolute Gasteiger partial charge is 0.356 e. The van der Waals surface area contributed by atoms with Crippen molar-refractivity contribution in [2.75, 3.05) is 18.8 Å². The van der Waals surface area contributed by atoms with Crippen LogP contribution in [0.3, 0.4) is 0 Å². The van der Waals surface area contributed by atoms with Crippen LogP contribution in [0.2, 0.25) is 0 Å². The SMILES string of the molecule is CCNC(=O)CCSc1nnnn1CCNC(C)(C)C. The van der Waals surface area contributed by atoms with Crippen LogP contribution >= 0.6 is 11.8 Å². The van der Waals surface area contributed by atoms with Crippen LogP contribution in [0.25, 0.3) is 0 Å². The molecule has 0 saturated carbocycles. The highest BCUT2D eigenvalue weighted by Crippen LogP contribution is 2.14. The van der Waals surface area contributed by atoms with Gasteiger partial charge in [0.1, 0.15) is 0 Å². The molecule has 2 N–H and O–H groups in total. The molecule has 1 amide bonds. The fraction of sp³-hybridized carbons (Fsp3) is 0.833. The lowest BCUT2D eigenvalue weighted by atomic mass is 10.1. The number of tetrazole rings is 1. The number of rotatable bonds is 8. The summed E-state index contributed by atoms with van der Waals surface area (Å²) in [5, 5.41) is 18.5. The molecule has 0 aromatic carbocycles. The van der Waals surface area contributed by atoms with Crippen LogP contribution in [0.4, 0.5) is 0 Å². The van der Waals surface area contributed by atoms with Crippen LogP contribution in [0.5, 0.6) is 0 Å². The van der Waals surface area contributed by atoms with Gasteiger partial charge in [-0.1, -0.05) is 11.8 Å². The van der Waals surface area contributed by atoms with Gasteiger partial charge in [0.15, 0.2) is 0 Å². The van der Waals surface area contributed by atoms with Crippen molar-refractivity contribution in [3.05, 3.63) is 0 Å². The number of amides is 1. The van der Waals surface area contributed by atoms with Gasteiger partial charge in [0, 0.05) is 30.8 Å². The monoisotopic (exact) mass is 300 g/mol. The fourth-order valence-electron chi connectivity index (χ4n) is 1.50. The number of carbonyl (C=O) groups excluding carboxylic acids is 1. The van der Waals surface area contributed by atoms with E-state index in [0.717, 1.165) is 11.7 Å². The Balaban J connectivity index is 2.33. The van der Waals surface area contributed by atoms with Crippen LogP contribution in [0, 0.1) is 0 Å². The Morgan fingerprint density at radius 1 is 1.40 bits per heavy atom. The highest BCUT2D eigenvalue weighted by Gasteiger charge is 2.11. The summed E-state index contributed by atoms with van der Waals surface area (Å²) >= 11 is 1.50. The van der Waals surface area contributed by atoms with Crippen molar-refractivity contribution in [1.29, 1.82) is 0 Å². The fourth-order valence-corrected chi connectivity index (χ4v) is 2.34. The van der Waals surface area contributed by atoms with E-state index < -0.39 is 0 Å². The maximum Gasteiger partial charge on any atom is 0.220 e. The number of nitrogens with one attached hydrogen (secondary N) is 2. The molecule has 0 aliphatic carbocycles. The third-order valence-corrected chi connectivity index (χ3v) is 3.37. The molecule has 1 aromatic rings. The highest BCUT2D eigenvalue weighted by atomic mass is 32.2. The molecule has 0 unspecified atom stereocenters. The summed E-state index contributed by atoms with van der Waals surface area (Å²) in [4.78, 5) is 11.3. The lowest BCUT2D eigenvalue weighted by Crippen LogP contribution is -2.38. The molecule has 0 radical (unpaired) electrons. The molecule has 7 nitrogen and oxygen atoms in total. The predicted octanol–water partition coefficient (Wildman–Crippen LogP) is 0.680. The molecule has 0 aliphatic heterocycles. The van der Waals surface area contributed by atoms with Gasteiger partial charge in [-0.15, -0.1) is 5.10 Å². The molecule has 8 heteroatoms. The number of thioether (sulfide) groups is 1. The number of nitrogens with zero attached hydrogens (tertiary/aromatic N) is 4. The van der Waals surface area contributed by atoms with Crippen molar-refractivity contribution in [2.24, 2.45) is 0 Å². The zero-order valence-corrected chi connectivity index (χ0v) is 13.5. The Hall–Kier alpha value is -1.15. The minimum atomic E-state index is 0.0634. The van der Waals surface area contributed by atoms with E-state index >= 15 is 0 Å². The molecule has 0 atom stereocenters. The molecule has 0 bridgehead atoms. The van der Waals surface area contributed by atoms with E-state index in [4.69, 9.17) is 0 Å². The molecule has 1 heterocycles. The van der Waals surface area contributed by atoms with Crippen molar-refractivity contribution in [3.63, 3.8) is 0 Å². The normalized spacial score (nSPS) is 11.6. The molecule has 20 heavy (non-hydrogen) atoms. The Kier molecular flexibility index (Phi) is 6.94. The summed E-state index contributed by atoms with van der Waals surface area (Å²) < 4.78 is 1.77. The van der Waals surface area contributed by atoms with E-state index in [1.165, 1.54) is 11.8 Å². The maximum absolute atomic E-state index is 11.3. The summed E-state index contributed by atoms with van der Waals surface area (Å²) in [6, 6.07) is 0. The van der Waals surface area contributed by atoms with Gasteiger partial charge < -0.3 is 10.6 Å². The first kappa shape index (κ1) is 16.9. The van der Waals surface area contributed by atoms with Crippen molar-refractivity contribution in [2.45, 2.75) is 51.4 Å². The predicted molar refractivity (Wildman–Crippen MR) is 79.6 cm³/mol. The first-order chi connectivity index (χ1) is 9.42. The quantitative estimate of drug-likeness (QED) is 0.687.